The van der Waals surface area contributed by atoms with Gasteiger partial charge in [0.1, 0.15) is 5.75 Å². The number of benzene rings is 1. The summed E-state index contributed by atoms with van der Waals surface area (Å²) in [6.45, 7) is 0. The molecule has 1 atom stereocenters. The van der Waals surface area contributed by atoms with Crippen molar-refractivity contribution < 1.29 is 24.2 Å². The van der Waals surface area contributed by atoms with E-state index in [4.69, 9.17) is 9.84 Å². The topological polar surface area (TPSA) is 110 Å². The van der Waals surface area contributed by atoms with E-state index in [1.54, 1.807) is 35.0 Å². The van der Waals surface area contributed by atoms with Gasteiger partial charge in [-0.05, 0) is 35.7 Å². The molecule has 9 heteroatoms. The summed E-state index contributed by atoms with van der Waals surface area (Å²) in [5, 5.41) is 13.7. The van der Waals surface area contributed by atoms with Gasteiger partial charge in [0.2, 0.25) is 5.91 Å². The van der Waals surface area contributed by atoms with Crippen LogP contribution in [0.4, 0.5) is 5.69 Å². The summed E-state index contributed by atoms with van der Waals surface area (Å²) in [7, 11) is 0. The summed E-state index contributed by atoms with van der Waals surface area (Å²) in [5.41, 5.74) is 4.77. The van der Waals surface area contributed by atoms with Crippen molar-refractivity contribution >= 4 is 34.8 Å². The number of nitrogens with zero attached hydrogens (tertiary/aromatic N) is 1. The number of carbonyl (C=O) groups is 3. The van der Waals surface area contributed by atoms with Crippen LogP contribution in [0.5, 0.6) is 5.75 Å². The van der Waals surface area contributed by atoms with Crippen molar-refractivity contribution in [3.8, 4) is 16.3 Å². The van der Waals surface area contributed by atoms with Crippen molar-refractivity contribution in [1.82, 2.24) is 4.68 Å². The summed E-state index contributed by atoms with van der Waals surface area (Å²) < 4.78 is 7.28. The number of hydrogen-bond donors (Lipinski definition) is 3. The molecule has 3 heterocycles. The van der Waals surface area contributed by atoms with Gasteiger partial charge in [0.25, 0.3) is 5.91 Å². The molecule has 0 saturated heterocycles. The number of carbonyl (C=O) groups excluding carboxylic acids is 2. The van der Waals surface area contributed by atoms with Gasteiger partial charge in [-0.25, -0.2) is 0 Å². The Labute approximate surface area is 176 Å². The minimum atomic E-state index is -0.955. The minimum Gasteiger partial charge on any atom is -0.481 e. The molecule has 2 amide bonds. The van der Waals surface area contributed by atoms with Crippen LogP contribution in [0, 0.1) is 0 Å². The van der Waals surface area contributed by atoms with E-state index >= 15 is 0 Å². The van der Waals surface area contributed by atoms with E-state index in [1.165, 1.54) is 11.3 Å². The number of anilines is 1. The highest BCUT2D eigenvalue weighted by Crippen LogP contribution is 2.30. The van der Waals surface area contributed by atoms with Crippen LogP contribution in [0.3, 0.4) is 0 Å². The average Bonchev–Trinajstić information content (AvgIpc) is 3.37. The lowest BCUT2D eigenvalue weighted by molar-refractivity contribution is -0.137. The third-order valence-corrected chi connectivity index (χ3v) is 5.54. The Morgan fingerprint density at radius 3 is 2.77 bits per heavy atom. The Balaban J connectivity index is 1.52. The zero-order chi connectivity index (χ0) is 21.1. The zero-order valence-electron chi connectivity index (χ0n) is 15.8. The van der Waals surface area contributed by atoms with Gasteiger partial charge in [-0.2, -0.15) is 0 Å². The maximum Gasteiger partial charge on any atom is 0.303 e. The number of hydrogen-bond acceptors (Lipinski definition) is 5. The standard InChI is InChI=1S/C21H19N3O5S/c25-19(12-17-21(28)22-14-4-1-2-5-16(14)29-17)23-24-13(8-10-20(26)27)7-9-15(24)18-6-3-11-30-18/h1-7,9,11,17H,8,10,12H2,(H,22,28)(H,23,25)(H,26,27)/t17-/m1/s1. The monoisotopic (exact) mass is 425 g/mol. The molecule has 3 N–H and O–H groups in total. The molecule has 0 bridgehead atoms. The average molecular weight is 425 g/mol. The highest BCUT2D eigenvalue weighted by Gasteiger charge is 2.30. The molecular weight excluding hydrogens is 406 g/mol. The Hall–Kier alpha value is -3.59. The van der Waals surface area contributed by atoms with E-state index in [2.05, 4.69) is 10.7 Å². The van der Waals surface area contributed by atoms with Crippen molar-refractivity contribution in [1.29, 1.82) is 0 Å². The molecule has 154 valence electrons. The molecule has 1 aromatic carbocycles. The molecule has 0 aliphatic carbocycles. The highest BCUT2D eigenvalue weighted by molar-refractivity contribution is 7.13. The molecule has 8 nitrogen and oxygen atoms in total. The third-order valence-electron chi connectivity index (χ3n) is 4.64. The van der Waals surface area contributed by atoms with Gasteiger partial charge in [-0.15, -0.1) is 11.3 Å². The van der Waals surface area contributed by atoms with E-state index in [9.17, 15) is 14.4 Å². The second kappa shape index (κ2) is 8.42. The van der Waals surface area contributed by atoms with Crippen LogP contribution in [0.1, 0.15) is 18.5 Å². The van der Waals surface area contributed by atoms with E-state index in [-0.39, 0.29) is 25.2 Å². The number of aliphatic carboxylic acids is 1. The smallest absolute Gasteiger partial charge is 0.303 e. The van der Waals surface area contributed by atoms with E-state index in [0.717, 1.165) is 10.6 Å². The molecule has 2 aromatic heterocycles. The molecule has 3 aromatic rings. The van der Waals surface area contributed by atoms with Crippen LogP contribution < -0.4 is 15.5 Å². The number of thiophene rings is 1. The largest absolute Gasteiger partial charge is 0.481 e. The van der Waals surface area contributed by atoms with Crippen molar-refractivity contribution in [2.75, 3.05) is 10.7 Å². The quantitative estimate of drug-likeness (QED) is 0.539. The predicted octanol–water partition coefficient (Wildman–Crippen LogP) is 3.09. The Morgan fingerprint density at radius 1 is 1.17 bits per heavy atom. The molecule has 0 fully saturated rings. The first-order valence-electron chi connectivity index (χ1n) is 9.34. The van der Waals surface area contributed by atoms with Gasteiger partial charge in [0.05, 0.1) is 29.1 Å². The number of nitrogens with one attached hydrogen (secondary N) is 2. The molecular formula is C21H19N3O5S. The number of aryl methyl sites for hydroxylation is 1. The first kappa shape index (κ1) is 19.7. The van der Waals surface area contributed by atoms with Crippen LogP contribution >= 0.6 is 11.3 Å². The molecule has 30 heavy (non-hydrogen) atoms. The van der Waals surface area contributed by atoms with Crippen LogP contribution in [-0.2, 0) is 20.8 Å². The fourth-order valence-electron chi connectivity index (χ4n) is 3.22. The van der Waals surface area contributed by atoms with Crippen molar-refractivity contribution in [2.24, 2.45) is 0 Å². The normalized spacial score (nSPS) is 15.1. The lowest BCUT2D eigenvalue weighted by Crippen LogP contribution is -2.40. The second-order valence-electron chi connectivity index (χ2n) is 6.75. The molecule has 0 radical (unpaired) electrons. The number of ether oxygens (including phenoxy) is 1. The molecule has 0 spiro atoms. The lowest BCUT2D eigenvalue weighted by Gasteiger charge is -2.25. The number of aromatic nitrogens is 1. The van der Waals surface area contributed by atoms with Crippen LogP contribution in [0.2, 0.25) is 0 Å². The fraction of sp³-hybridized carbons (Fsp3) is 0.190. The summed E-state index contributed by atoms with van der Waals surface area (Å²) in [4.78, 5) is 37.0. The van der Waals surface area contributed by atoms with Gasteiger partial charge in [-0.3, -0.25) is 24.5 Å². The van der Waals surface area contributed by atoms with Crippen molar-refractivity contribution in [3.63, 3.8) is 0 Å². The van der Waals surface area contributed by atoms with Gasteiger partial charge in [0, 0.05) is 12.1 Å². The second-order valence-corrected chi connectivity index (χ2v) is 7.70. The Bertz CT molecular complexity index is 1090. The molecule has 1 aliphatic heterocycles. The summed E-state index contributed by atoms with van der Waals surface area (Å²) in [6, 6.07) is 14.5. The summed E-state index contributed by atoms with van der Waals surface area (Å²) in [6.07, 6.45) is -0.938. The first-order chi connectivity index (χ1) is 14.5. The summed E-state index contributed by atoms with van der Waals surface area (Å²) >= 11 is 1.51. The molecule has 0 saturated carbocycles. The van der Waals surface area contributed by atoms with E-state index in [1.807, 2.05) is 23.6 Å². The minimum absolute atomic E-state index is 0.0608. The van der Waals surface area contributed by atoms with Gasteiger partial charge in [0.15, 0.2) is 6.10 Å². The third kappa shape index (κ3) is 4.20. The fourth-order valence-corrected chi connectivity index (χ4v) is 3.96. The van der Waals surface area contributed by atoms with Gasteiger partial charge < -0.3 is 15.2 Å². The molecule has 1 aliphatic rings. The highest BCUT2D eigenvalue weighted by atomic mass is 32.1. The Kier molecular flexibility index (Phi) is 5.53. The maximum atomic E-state index is 12.7. The lowest BCUT2D eigenvalue weighted by atomic mass is 10.1. The number of amides is 2. The van der Waals surface area contributed by atoms with E-state index < -0.39 is 18.0 Å². The number of para-hydroxylation sites is 2. The summed E-state index contributed by atoms with van der Waals surface area (Å²) in [5.74, 6) is -1.21. The Morgan fingerprint density at radius 2 is 2.00 bits per heavy atom. The number of carboxylic acids is 1. The number of carboxylic acid groups (broad SMARTS) is 1. The number of fused-ring (bicyclic) bond motifs is 1. The predicted molar refractivity (Wildman–Crippen MR) is 112 cm³/mol. The molecule has 0 unspecified atom stereocenters. The zero-order valence-corrected chi connectivity index (χ0v) is 16.6. The van der Waals surface area contributed by atoms with Crippen LogP contribution in [-0.4, -0.2) is 33.7 Å². The van der Waals surface area contributed by atoms with Crippen molar-refractivity contribution in [2.45, 2.75) is 25.4 Å². The maximum absolute atomic E-state index is 12.7. The van der Waals surface area contributed by atoms with Crippen LogP contribution in [0.25, 0.3) is 10.6 Å². The molecule has 4 rings (SSSR count). The SMILES string of the molecule is O=C(O)CCc1ccc(-c2cccs2)n1NC(=O)C[C@H]1Oc2ccccc2NC1=O. The van der Waals surface area contributed by atoms with Gasteiger partial charge >= 0.3 is 5.97 Å². The van der Waals surface area contributed by atoms with E-state index in [0.29, 0.717) is 17.1 Å². The first-order valence-corrected chi connectivity index (χ1v) is 10.2. The van der Waals surface area contributed by atoms with Gasteiger partial charge in [-0.1, -0.05) is 18.2 Å². The van der Waals surface area contributed by atoms with Crippen LogP contribution in [0.15, 0.2) is 53.9 Å². The van der Waals surface area contributed by atoms with Crippen molar-refractivity contribution in [3.05, 3.63) is 59.6 Å². The number of rotatable bonds is 7.